The molecule has 0 spiro atoms. The summed E-state index contributed by atoms with van der Waals surface area (Å²) >= 11 is -0.821. The lowest BCUT2D eigenvalue weighted by atomic mass is 10.2. The molecule has 0 atom stereocenters. The molecular formula is C32H49IN4O4. The molecule has 2 amide bonds. The van der Waals surface area contributed by atoms with Crippen molar-refractivity contribution in [3.8, 4) is 0 Å². The molecule has 1 heterocycles. The van der Waals surface area contributed by atoms with Crippen LogP contribution in [-0.4, -0.2) is 56.3 Å². The molecule has 3 N–H and O–H groups in total. The summed E-state index contributed by atoms with van der Waals surface area (Å²) in [6.45, 7) is 5.45. The summed E-state index contributed by atoms with van der Waals surface area (Å²) < 4.78 is 8.26. The summed E-state index contributed by atoms with van der Waals surface area (Å²) in [4.78, 5) is 28.2. The quantitative estimate of drug-likeness (QED) is 0.0516. The first-order valence-corrected chi connectivity index (χ1v) is 16.8. The van der Waals surface area contributed by atoms with Gasteiger partial charge in [0.15, 0.2) is 0 Å². The Morgan fingerprint density at radius 1 is 0.878 bits per heavy atom. The minimum atomic E-state index is -0.821. The number of carbonyl (C=O) groups excluding carboxylic acids is 2. The monoisotopic (exact) mass is 680 g/mol. The number of hydroxylamine groups is 1. The maximum Gasteiger partial charge on any atom is 0.270 e. The second-order valence-corrected chi connectivity index (χ2v) is 11.4. The number of nitrogens with zero attached hydrogens (tertiary/aromatic N) is 2. The van der Waals surface area contributed by atoms with Gasteiger partial charge < -0.3 is 15.4 Å². The van der Waals surface area contributed by atoms with Crippen LogP contribution in [0, 0.1) is 0 Å². The highest BCUT2D eigenvalue weighted by atomic mass is 127. The SMILES string of the molecule is CCCCC/C=C\C/C=C\C/C=C\C/C=C\C/C=C\CCC(=O)NCCOCCNC(=O)C1=NC=C(C)N(O)I=C1. The first kappa shape index (κ1) is 36.4. The molecule has 0 aliphatic carbocycles. The van der Waals surface area contributed by atoms with Gasteiger partial charge in [0.2, 0.25) is 5.91 Å². The van der Waals surface area contributed by atoms with Crippen LogP contribution in [0.3, 0.4) is 0 Å². The number of allylic oxidation sites excluding steroid dienone is 11. The standard InChI is InChI=1S/C32H49IN4O4/c1-3-4-5-6-7-8-9-10-11-12-13-14-15-16-17-18-19-20-21-22-31(38)34-23-25-41-26-24-35-32(39)30-27-33-37(40)29(2)28-36-30/h7-8,10-11,13-14,16-17,19-20,27-28,40H,3-6,9,12,15,18,21-26H2,1-2H3,(H,34,38)(H,35,39)/b8-7-,11-10-,14-13-,17-16-,20-19-. The summed E-state index contributed by atoms with van der Waals surface area (Å²) in [5.74, 6) is -0.299. The van der Waals surface area contributed by atoms with Gasteiger partial charge in [0, 0.05) is 50.7 Å². The number of halogens is 1. The van der Waals surface area contributed by atoms with Crippen LogP contribution in [0.2, 0.25) is 0 Å². The van der Waals surface area contributed by atoms with Crippen LogP contribution in [0.1, 0.15) is 78.1 Å². The fourth-order valence-corrected chi connectivity index (χ4v) is 4.88. The van der Waals surface area contributed by atoms with Crippen molar-refractivity contribution in [2.45, 2.75) is 78.1 Å². The van der Waals surface area contributed by atoms with Crippen LogP contribution >= 0.6 is 21.0 Å². The Labute approximate surface area is 257 Å². The Balaban J connectivity index is 1.95. The van der Waals surface area contributed by atoms with E-state index in [0.717, 1.165) is 29.0 Å². The Bertz CT molecular complexity index is 980. The summed E-state index contributed by atoms with van der Waals surface area (Å²) in [7, 11) is 0. The number of aliphatic imine (C=N–C) groups is 1. The van der Waals surface area contributed by atoms with Crippen molar-refractivity contribution in [1.82, 2.24) is 13.9 Å². The van der Waals surface area contributed by atoms with E-state index in [1.165, 1.54) is 31.9 Å². The molecule has 1 aliphatic rings. The minimum Gasteiger partial charge on any atom is -0.378 e. The van der Waals surface area contributed by atoms with E-state index in [1.807, 2.05) is 6.08 Å². The van der Waals surface area contributed by atoms with Gasteiger partial charge in [-0.1, -0.05) is 80.5 Å². The highest BCUT2D eigenvalue weighted by molar-refractivity contribution is 14.2. The van der Waals surface area contributed by atoms with Crippen LogP contribution in [0.25, 0.3) is 0 Å². The van der Waals surface area contributed by atoms with Gasteiger partial charge in [0.1, 0.15) is 5.71 Å². The molecule has 0 saturated carbocycles. The number of ether oxygens (including phenoxy) is 1. The Hall–Kier alpha value is -2.63. The third kappa shape index (κ3) is 21.7. The third-order valence-electron chi connectivity index (χ3n) is 5.69. The van der Waals surface area contributed by atoms with Crippen molar-refractivity contribution < 1.29 is 19.5 Å². The first-order chi connectivity index (χ1) is 20.0. The number of unbranched alkanes of at least 4 members (excludes halogenated alkanes) is 3. The van der Waals surface area contributed by atoms with Crippen molar-refractivity contribution >= 4 is 42.5 Å². The van der Waals surface area contributed by atoms with Crippen LogP contribution in [-0.2, 0) is 14.3 Å². The van der Waals surface area contributed by atoms with Crippen molar-refractivity contribution in [2.75, 3.05) is 26.3 Å². The molecule has 41 heavy (non-hydrogen) atoms. The zero-order valence-electron chi connectivity index (χ0n) is 24.8. The molecule has 0 unspecified atom stereocenters. The number of hydrogen-bond acceptors (Lipinski definition) is 6. The van der Waals surface area contributed by atoms with Gasteiger partial charge in [0.25, 0.3) is 5.91 Å². The molecule has 0 fully saturated rings. The largest absolute Gasteiger partial charge is 0.378 e. The van der Waals surface area contributed by atoms with Crippen LogP contribution in [0.5, 0.6) is 0 Å². The van der Waals surface area contributed by atoms with Gasteiger partial charge in [-0.3, -0.25) is 14.8 Å². The Kier molecular flexibility index (Phi) is 23.3. The Morgan fingerprint density at radius 2 is 1.44 bits per heavy atom. The summed E-state index contributed by atoms with van der Waals surface area (Å²) in [5.41, 5.74) is 0.912. The number of nitrogens with one attached hydrogen (secondary N) is 2. The van der Waals surface area contributed by atoms with Gasteiger partial charge in [0.05, 0.1) is 18.9 Å². The highest BCUT2D eigenvalue weighted by Crippen LogP contribution is 2.14. The first-order valence-electron chi connectivity index (χ1n) is 14.6. The molecule has 0 saturated heterocycles. The molecular weight excluding hydrogens is 631 g/mol. The second kappa shape index (κ2) is 26.3. The predicted molar refractivity (Wildman–Crippen MR) is 179 cm³/mol. The summed E-state index contributed by atoms with van der Waals surface area (Å²) in [6, 6.07) is 0. The smallest absolute Gasteiger partial charge is 0.270 e. The van der Waals surface area contributed by atoms with E-state index in [2.05, 4.69) is 77.2 Å². The van der Waals surface area contributed by atoms with Crippen LogP contribution in [0.4, 0.5) is 0 Å². The van der Waals surface area contributed by atoms with E-state index < -0.39 is 21.0 Å². The van der Waals surface area contributed by atoms with E-state index in [0.29, 0.717) is 50.6 Å². The molecule has 0 radical (unpaired) electrons. The second-order valence-electron chi connectivity index (χ2n) is 9.30. The van der Waals surface area contributed by atoms with E-state index in [1.54, 1.807) is 10.9 Å². The van der Waals surface area contributed by atoms with Gasteiger partial charge >= 0.3 is 0 Å². The number of hydrogen-bond donors (Lipinski definition) is 3. The van der Waals surface area contributed by atoms with Gasteiger partial charge in [-0.25, -0.2) is 8.27 Å². The fraction of sp³-hybridized carbons (Fsp3) is 0.500. The lowest BCUT2D eigenvalue weighted by molar-refractivity contribution is -0.121. The van der Waals surface area contributed by atoms with Crippen LogP contribution in [0.15, 0.2) is 77.6 Å². The van der Waals surface area contributed by atoms with Gasteiger partial charge in [-0.05, 0) is 51.9 Å². The average molecular weight is 681 g/mol. The number of rotatable bonds is 22. The van der Waals surface area contributed by atoms with Gasteiger partial charge in [-0.15, -0.1) is 0 Å². The minimum absolute atomic E-state index is 0.00392. The molecule has 8 nitrogen and oxygen atoms in total. The van der Waals surface area contributed by atoms with Gasteiger partial charge in [-0.2, -0.15) is 0 Å². The average Bonchev–Trinajstić information content (AvgIpc) is 3.14. The molecule has 0 aromatic carbocycles. The third-order valence-corrected chi connectivity index (χ3v) is 7.85. The lowest BCUT2D eigenvalue weighted by Crippen LogP contribution is -2.34. The molecule has 0 aromatic rings. The maximum absolute atomic E-state index is 12.1. The molecule has 0 aromatic heterocycles. The van der Waals surface area contributed by atoms with E-state index in [-0.39, 0.29) is 11.8 Å². The van der Waals surface area contributed by atoms with Crippen molar-refractivity contribution in [1.29, 1.82) is 0 Å². The van der Waals surface area contributed by atoms with E-state index in [4.69, 9.17) is 4.74 Å². The van der Waals surface area contributed by atoms with Crippen molar-refractivity contribution in [3.05, 3.63) is 72.7 Å². The molecule has 9 heteroatoms. The maximum atomic E-state index is 12.1. The lowest BCUT2D eigenvalue weighted by Gasteiger charge is -2.07. The molecule has 1 aliphatic heterocycles. The zero-order chi connectivity index (χ0) is 29.8. The fourth-order valence-electron chi connectivity index (χ4n) is 3.34. The topological polar surface area (TPSA) is 103 Å². The zero-order valence-corrected chi connectivity index (χ0v) is 26.9. The highest BCUT2D eigenvalue weighted by Gasteiger charge is 2.11. The normalized spacial score (nSPS) is 14.3. The van der Waals surface area contributed by atoms with Crippen LogP contribution < -0.4 is 10.6 Å². The molecule has 1 rings (SSSR count). The number of carbonyl (C=O) groups is 2. The molecule has 228 valence electrons. The summed E-state index contributed by atoms with van der Waals surface area (Å²) in [5, 5.41) is 15.3. The van der Waals surface area contributed by atoms with Crippen molar-refractivity contribution in [3.63, 3.8) is 0 Å². The molecule has 0 bridgehead atoms. The van der Waals surface area contributed by atoms with Crippen molar-refractivity contribution in [2.24, 2.45) is 4.99 Å². The predicted octanol–water partition coefficient (Wildman–Crippen LogP) is 6.63. The van der Waals surface area contributed by atoms with E-state index >= 15 is 0 Å². The summed E-state index contributed by atoms with van der Waals surface area (Å²) in [6.07, 6.45) is 33.3. The van der Waals surface area contributed by atoms with E-state index in [9.17, 15) is 14.8 Å². The number of amides is 2. The Morgan fingerprint density at radius 3 is 2.05 bits per heavy atom.